The Labute approximate surface area is 145 Å². The Morgan fingerprint density at radius 2 is 1.84 bits per heavy atom. The van der Waals surface area contributed by atoms with Gasteiger partial charge in [0.05, 0.1) is 5.02 Å². The van der Waals surface area contributed by atoms with Crippen LogP contribution in [0.5, 0.6) is 0 Å². The largest absolute Gasteiger partial charge is 0.384 e. The van der Waals surface area contributed by atoms with Crippen molar-refractivity contribution in [1.82, 2.24) is 0 Å². The summed E-state index contributed by atoms with van der Waals surface area (Å²) >= 11 is 14.5. The zero-order valence-corrected chi connectivity index (χ0v) is 15.4. The standard InChI is InChI=1S/C13H7Br2ClFIO/c14-6-1-2-12(18)8(3-6)13(19)7-4-10(16)9(15)5-11(7)17/h1-5,13,19H. The molecular weight excluding hydrogens is 513 g/mol. The molecule has 1 atom stereocenters. The summed E-state index contributed by atoms with van der Waals surface area (Å²) in [6.07, 6.45) is -1.06. The van der Waals surface area contributed by atoms with Crippen molar-refractivity contribution in [2.45, 2.75) is 6.10 Å². The highest BCUT2D eigenvalue weighted by molar-refractivity contribution is 14.1. The molecule has 0 aliphatic carbocycles. The van der Waals surface area contributed by atoms with E-state index in [1.165, 1.54) is 12.1 Å². The summed E-state index contributed by atoms with van der Waals surface area (Å²) in [6.45, 7) is 0. The van der Waals surface area contributed by atoms with E-state index in [0.717, 1.165) is 8.04 Å². The predicted molar refractivity (Wildman–Crippen MR) is 90.0 cm³/mol. The van der Waals surface area contributed by atoms with Crippen LogP contribution in [0.25, 0.3) is 0 Å². The fraction of sp³-hybridized carbons (Fsp3) is 0.0769. The predicted octanol–water partition coefficient (Wildman–Crippen LogP) is 5.69. The summed E-state index contributed by atoms with van der Waals surface area (Å²) in [4.78, 5) is 0. The third-order valence-corrected chi connectivity index (χ3v) is 5.26. The average Bonchev–Trinajstić information content (AvgIpc) is 2.36. The van der Waals surface area contributed by atoms with Crippen LogP contribution >= 0.6 is 66.1 Å². The molecule has 0 amide bonds. The number of rotatable bonds is 2. The monoisotopic (exact) mass is 518 g/mol. The van der Waals surface area contributed by atoms with Gasteiger partial charge in [-0.25, -0.2) is 4.39 Å². The molecule has 0 aliphatic rings. The molecule has 0 fully saturated rings. The minimum Gasteiger partial charge on any atom is -0.384 e. The molecule has 0 spiro atoms. The van der Waals surface area contributed by atoms with Crippen molar-refractivity contribution in [3.8, 4) is 0 Å². The number of aliphatic hydroxyl groups excluding tert-OH is 1. The van der Waals surface area contributed by atoms with Gasteiger partial charge in [-0.05, 0) is 74.4 Å². The fourth-order valence-electron chi connectivity index (χ4n) is 1.64. The van der Waals surface area contributed by atoms with Gasteiger partial charge in [-0.3, -0.25) is 0 Å². The number of aliphatic hydroxyl groups is 1. The van der Waals surface area contributed by atoms with Crippen molar-refractivity contribution in [3.05, 3.63) is 64.8 Å². The highest BCUT2D eigenvalue weighted by Crippen LogP contribution is 2.34. The zero-order chi connectivity index (χ0) is 14.2. The Hall–Kier alpha value is 0.310. The highest BCUT2D eigenvalue weighted by atomic mass is 127. The van der Waals surface area contributed by atoms with E-state index in [1.807, 2.05) is 12.1 Å². The average molecular weight is 520 g/mol. The van der Waals surface area contributed by atoms with Gasteiger partial charge in [-0.1, -0.05) is 27.5 Å². The second kappa shape index (κ2) is 6.39. The Kier molecular flexibility index (Phi) is 5.28. The quantitative estimate of drug-likeness (QED) is 0.399. The first-order chi connectivity index (χ1) is 8.90. The maximum atomic E-state index is 13.9. The number of hydrogen-bond acceptors (Lipinski definition) is 1. The summed E-state index contributed by atoms with van der Waals surface area (Å²) in [5, 5.41) is 10.7. The second-order valence-electron chi connectivity index (χ2n) is 3.86. The van der Waals surface area contributed by atoms with E-state index in [0.29, 0.717) is 15.1 Å². The van der Waals surface area contributed by atoms with E-state index >= 15 is 0 Å². The number of halogens is 5. The summed E-state index contributed by atoms with van der Waals surface area (Å²) in [5.74, 6) is -0.500. The van der Waals surface area contributed by atoms with Crippen molar-refractivity contribution in [2.75, 3.05) is 0 Å². The molecule has 100 valence electrons. The van der Waals surface area contributed by atoms with Crippen molar-refractivity contribution in [1.29, 1.82) is 0 Å². The molecular formula is C13H7Br2ClFIO. The lowest BCUT2D eigenvalue weighted by Crippen LogP contribution is -2.05. The van der Waals surface area contributed by atoms with Crippen LogP contribution in [-0.4, -0.2) is 5.11 Å². The zero-order valence-electron chi connectivity index (χ0n) is 9.30. The molecule has 1 nitrogen and oxygen atoms in total. The van der Waals surface area contributed by atoms with Crippen molar-refractivity contribution < 1.29 is 9.50 Å². The van der Waals surface area contributed by atoms with Crippen molar-refractivity contribution in [3.63, 3.8) is 0 Å². The van der Waals surface area contributed by atoms with Crippen LogP contribution in [0.4, 0.5) is 4.39 Å². The molecule has 0 aromatic heterocycles. The van der Waals surface area contributed by atoms with Crippen molar-refractivity contribution >= 4 is 66.1 Å². The first-order valence-electron chi connectivity index (χ1n) is 5.17. The third kappa shape index (κ3) is 3.50. The van der Waals surface area contributed by atoms with Crippen LogP contribution in [-0.2, 0) is 0 Å². The maximum Gasteiger partial charge on any atom is 0.130 e. The molecule has 2 aromatic carbocycles. The van der Waals surface area contributed by atoms with Crippen LogP contribution in [0.3, 0.4) is 0 Å². The Morgan fingerprint density at radius 1 is 1.16 bits per heavy atom. The summed E-state index contributed by atoms with van der Waals surface area (Å²) in [5.41, 5.74) is 0.788. The molecule has 0 saturated carbocycles. The molecule has 19 heavy (non-hydrogen) atoms. The summed E-state index contributed by atoms with van der Waals surface area (Å²) in [6, 6.07) is 8.17. The van der Waals surface area contributed by atoms with E-state index in [4.69, 9.17) is 11.6 Å². The molecule has 2 aromatic rings. The van der Waals surface area contributed by atoms with Gasteiger partial charge in [-0.2, -0.15) is 0 Å². The molecule has 1 N–H and O–H groups in total. The highest BCUT2D eigenvalue weighted by Gasteiger charge is 2.19. The SMILES string of the molecule is OC(c1cc(Cl)c(Br)cc1F)c1cc(Br)ccc1I. The third-order valence-electron chi connectivity index (χ3n) is 2.59. The topological polar surface area (TPSA) is 20.2 Å². The normalized spacial score (nSPS) is 12.5. The fourth-order valence-corrected chi connectivity index (χ4v) is 3.14. The second-order valence-corrected chi connectivity index (χ2v) is 7.20. The van der Waals surface area contributed by atoms with Gasteiger partial charge in [0.25, 0.3) is 0 Å². The lowest BCUT2D eigenvalue weighted by Gasteiger charge is -2.15. The van der Waals surface area contributed by atoms with Gasteiger partial charge in [0.2, 0.25) is 0 Å². The van der Waals surface area contributed by atoms with Crippen LogP contribution in [0.1, 0.15) is 17.2 Å². The first-order valence-corrected chi connectivity index (χ1v) is 8.22. The minimum atomic E-state index is -1.06. The Bertz CT molecular complexity index is 636. The lowest BCUT2D eigenvalue weighted by atomic mass is 10.0. The molecule has 0 aliphatic heterocycles. The van der Waals surface area contributed by atoms with E-state index in [-0.39, 0.29) is 5.56 Å². The minimum absolute atomic E-state index is 0.157. The van der Waals surface area contributed by atoms with E-state index in [9.17, 15) is 9.50 Å². The first kappa shape index (κ1) is 15.7. The molecule has 0 bridgehead atoms. The number of benzene rings is 2. The van der Waals surface area contributed by atoms with Crippen LogP contribution in [0, 0.1) is 9.39 Å². The molecule has 0 heterocycles. The maximum absolute atomic E-state index is 13.9. The van der Waals surface area contributed by atoms with Gasteiger partial charge in [0, 0.05) is 18.1 Å². The van der Waals surface area contributed by atoms with Gasteiger partial charge >= 0.3 is 0 Å². The Balaban J connectivity index is 2.52. The summed E-state index contributed by atoms with van der Waals surface area (Å²) in [7, 11) is 0. The smallest absolute Gasteiger partial charge is 0.130 e. The number of hydrogen-bond donors (Lipinski definition) is 1. The van der Waals surface area contributed by atoms with E-state index < -0.39 is 11.9 Å². The van der Waals surface area contributed by atoms with Crippen LogP contribution in [0.2, 0.25) is 5.02 Å². The molecule has 6 heteroatoms. The lowest BCUT2D eigenvalue weighted by molar-refractivity contribution is 0.214. The van der Waals surface area contributed by atoms with Crippen LogP contribution < -0.4 is 0 Å². The van der Waals surface area contributed by atoms with E-state index in [2.05, 4.69) is 54.5 Å². The molecule has 2 rings (SSSR count). The molecule has 0 saturated heterocycles. The molecule has 1 unspecified atom stereocenters. The van der Waals surface area contributed by atoms with Crippen molar-refractivity contribution in [2.24, 2.45) is 0 Å². The van der Waals surface area contributed by atoms with Gasteiger partial charge in [0.15, 0.2) is 0 Å². The van der Waals surface area contributed by atoms with Crippen LogP contribution in [0.15, 0.2) is 39.3 Å². The Morgan fingerprint density at radius 3 is 2.53 bits per heavy atom. The van der Waals surface area contributed by atoms with E-state index in [1.54, 1.807) is 6.07 Å². The van der Waals surface area contributed by atoms with Gasteiger partial charge < -0.3 is 5.11 Å². The molecule has 0 radical (unpaired) electrons. The van der Waals surface area contributed by atoms with Gasteiger partial charge in [-0.15, -0.1) is 0 Å². The summed E-state index contributed by atoms with van der Waals surface area (Å²) < 4.78 is 16.1. The van der Waals surface area contributed by atoms with Gasteiger partial charge in [0.1, 0.15) is 11.9 Å².